The second-order valence-corrected chi connectivity index (χ2v) is 13.0. The molecule has 24 heavy (non-hydrogen) atoms. The third-order valence-electron chi connectivity index (χ3n) is 3.84. The summed E-state index contributed by atoms with van der Waals surface area (Å²) in [6, 6.07) is 4.86. The molecule has 1 aromatic carbocycles. The third kappa shape index (κ3) is 5.15. The van der Waals surface area contributed by atoms with Crippen molar-refractivity contribution in [3.8, 4) is 0 Å². The minimum Gasteiger partial charge on any atom is -0.479 e. The van der Waals surface area contributed by atoms with Gasteiger partial charge in [-0.2, -0.15) is 5.10 Å². The van der Waals surface area contributed by atoms with E-state index >= 15 is 0 Å². The Kier molecular flexibility index (Phi) is 5.79. The van der Waals surface area contributed by atoms with Crippen molar-refractivity contribution in [2.75, 3.05) is 6.61 Å². The van der Waals surface area contributed by atoms with Gasteiger partial charge in [0, 0.05) is 32.7 Å². The highest BCUT2D eigenvalue weighted by atomic mass is 28.3. The second-order valence-electron chi connectivity index (χ2n) is 7.43. The number of fused-ring (bicyclic) bond motifs is 1. The lowest BCUT2D eigenvalue weighted by Gasteiger charge is -2.15. The molecule has 0 unspecified atom stereocenters. The number of hydrogen-bond donors (Lipinski definition) is 2. The summed E-state index contributed by atoms with van der Waals surface area (Å²) in [5.74, 6) is -1.21. The predicted molar refractivity (Wildman–Crippen MR) is 95.9 cm³/mol. The van der Waals surface area contributed by atoms with Crippen LogP contribution in [0.2, 0.25) is 25.7 Å². The van der Waals surface area contributed by atoms with Crippen LogP contribution < -0.4 is 0 Å². The largest absolute Gasteiger partial charge is 0.479 e. The third-order valence-corrected chi connectivity index (χ3v) is 5.54. The molecule has 0 aliphatic heterocycles. The highest BCUT2D eigenvalue weighted by molar-refractivity contribution is 6.76. The van der Waals surface area contributed by atoms with Gasteiger partial charge in [-0.1, -0.05) is 25.7 Å². The van der Waals surface area contributed by atoms with E-state index in [4.69, 9.17) is 9.84 Å². The molecule has 0 aliphatic carbocycles. The number of aliphatic hydroxyl groups excluding tert-OH is 1. The number of aliphatic carboxylic acids is 1. The first-order valence-electron chi connectivity index (χ1n) is 8.11. The highest BCUT2D eigenvalue weighted by Crippen LogP contribution is 2.20. The molecule has 0 amide bonds. The van der Waals surface area contributed by atoms with Gasteiger partial charge in [0.05, 0.1) is 5.52 Å². The Morgan fingerprint density at radius 3 is 2.71 bits per heavy atom. The molecule has 0 spiro atoms. The number of aryl methyl sites for hydroxylation is 1. The summed E-state index contributed by atoms with van der Waals surface area (Å²) in [6.07, 6.45) is 0.596. The number of hydrogen-bond acceptors (Lipinski definition) is 4. The smallest absolute Gasteiger partial charge is 0.332 e. The van der Waals surface area contributed by atoms with E-state index in [1.165, 1.54) is 0 Å². The van der Waals surface area contributed by atoms with Crippen molar-refractivity contribution in [1.82, 2.24) is 9.78 Å². The summed E-state index contributed by atoms with van der Waals surface area (Å²) in [4.78, 5) is 10.8. The predicted octanol–water partition coefficient (Wildman–Crippen LogP) is 2.65. The normalized spacial score (nSPS) is 13.4. The van der Waals surface area contributed by atoms with Crippen LogP contribution in [0.15, 0.2) is 18.3 Å². The number of nitrogens with zero attached hydrogens (tertiary/aromatic N) is 2. The average Bonchev–Trinajstić information content (AvgIpc) is 2.86. The van der Waals surface area contributed by atoms with E-state index in [0.717, 1.165) is 34.7 Å². The van der Waals surface area contributed by atoms with Crippen LogP contribution in [0.3, 0.4) is 0 Å². The van der Waals surface area contributed by atoms with Crippen molar-refractivity contribution >= 4 is 24.9 Å². The number of benzene rings is 1. The van der Waals surface area contributed by atoms with Crippen molar-refractivity contribution in [2.24, 2.45) is 0 Å². The summed E-state index contributed by atoms with van der Waals surface area (Å²) in [6.45, 7) is 10.0. The molecule has 0 radical (unpaired) electrons. The van der Waals surface area contributed by atoms with Gasteiger partial charge >= 0.3 is 5.97 Å². The van der Waals surface area contributed by atoms with Gasteiger partial charge in [0.2, 0.25) is 0 Å². The summed E-state index contributed by atoms with van der Waals surface area (Å²) in [5, 5.41) is 23.8. The van der Waals surface area contributed by atoms with Crippen LogP contribution in [0.4, 0.5) is 0 Å². The van der Waals surface area contributed by atoms with Gasteiger partial charge in [-0.3, -0.25) is 0 Å². The zero-order valence-corrected chi connectivity index (χ0v) is 15.7. The minimum atomic E-state index is -1.39. The standard InChI is InChI=1S/C17H26N2O4Si/c1-12-7-13(9-15(20)17(21)22)8-14-10-19(18-16(12)14)11-23-5-6-24(2,3)4/h7-8,10,15,20H,5-6,9,11H2,1-4H3,(H,21,22)/t15-/m1/s1. The summed E-state index contributed by atoms with van der Waals surface area (Å²) >= 11 is 0. The highest BCUT2D eigenvalue weighted by Gasteiger charge is 2.15. The SMILES string of the molecule is Cc1cc(C[C@@H](O)C(=O)O)cc2cn(COCC[Si](C)(C)C)nc12. The lowest BCUT2D eigenvalue weighted by Crippen LogP contribution is -2.22. The minimum absolute atomic E-state index is 0.0873. The number of ether oxygens (including phenoxy) is 1. The molecule has 7 heteroatoms. The van der Waals surface area contributed by atoms with Crippen LogP contribution >= 0.6 is 0 Å². The molecule has 2 aromatic rings. The molecule has 0 aliphatic rings. The number of rotatable bonds is 8. The first-order chi connectivity index (χ1) is 11.2. The van der Waals surface area contributed by atoms with Gasteiger partial charge in [-0.15, -0.1) is 0 Å². The van der Waals surface area contributed by atoms with E-state index in [0.29, 0.717) is 6.73 Å². The first-order valence-corrected chi connectivity index (χ1v) is 11.8. The van der Waals surface area contributed by atoms with E-state index < -0.39 is 20.1 Å². The van der Waals surface area contributed by atoms with E-state index in [1.54, 1.807) is 4.68 Å². The molecular formula is C17H26N2O4Si. The second kappa shape index (κ2) is 7.46. The Balaban J connectivity index is 2.07. The molecule has 2 N–H and O–H groups in total. The summed E-state index contributed by atoms with van der Waals surface area (Å²) < 4.78 is 7.47. The Hall–Kier alpha value is -1.70. The van der Waals surface area contributed by atoms with Crippen molar-refractivity contribution in [3.05, 3.63) is 29.5 Å². The maximum Gasteiger partial charge on any atom is 0.332 e. The molecule has 1 heterocycles. The summed E-state index contributed by atoms with van der Waals surface area (Å²) in [5.41, 5.74) is 2.62. The lowest BCUT2D eigenvalue weighted by atomic mass is 10.0. The molecule has 132 valence electrons. The number of carboxylic acid groups (broad SMARTS) is 1. The van der Waals surface area contributed by atoms with E-state index in [-0.39, 0.29) is 6.42 Å². The van der Waals surface area contributed by atoms with Gasteiger partial charge in [0.15, 0.2) is 6.10 Å². The van der Waals surface area contributed by atoms with Crippen LogP contribution in [-0.4, -0.2) is 46.7 Å². The van der Waals surface area contributed by atoms with E-state index in [1.807, 2.05) is 25.3 Å². The maximum atomic E-state index is 10.8. The van der Waals surface area contributed by atoms with Crippen LogP contribution in [0.25, 0.3) is 10.9 Å². The quantitative estimate of drug-likeness (QED) is 0.565. The molecule has 1 aromatic heterocycles. The number of aliphatic hydroxyl groups is 1. The molecule has 2 rings (SSSR count). The van der Waals surface area contributed by atoms with E-state index in [9.17, 15) is 9.90 Å². The van der Waals surface area contributed by atoms with Crippen LogP contribution in [-0.2, 0) is 22.7 Å². The van der Waals surface area contributed by atoms with Crippen molar-refractivity contribution in [1.29, 1.82) is 0 Å². The fraction of sp³-hybridized carbons (Fsp3) is 0.529. The van der Waals surface area contributed by atoms with Gasteiger partial charge < -0.3 is 14.9 Å². The number of carbonyl (C=O) groups is 1. The Morgan fingerprint density at radius 1 is 1.38 bits per heavy atom. The van der Waals surface area contributed by atoms with Crippen molar-refractivity contribution in [3.63, 3.8) is 0 Å². The molecule has 6 nitrogen and oxygen atoms in total. The number of carboxylic acids is 1. The topological polar surface area (TPSA) is 84.6 Å². The number of aromatic nitrogens is 2. The zero-order chi connectivity index (χ0) is 17.9. The fourth-order valence-corrected chi connectivity index (χ4v) is 3.22. The average molecular weight is 350 g/mol. The molecule has 1 atom stereocenters. The first kappa shape index (κ1) is 18.6. The van der Waals surface area contributed by atoms with Crippen molar-refractivity contribution in [2.45, 2.75) is 51.9 Å². The molecule has 0 fully saturated rings. The molecular weight excluding hydrogens is 324 g/mol. The van der Waals surface area contributed by atoms with Gasteiger partial charge in [-0.05, 0) is 30.2 Å². The lowest BCUT2D eigenvalue weighted by molar-refractivity contribution is -0.146. The van der Waals surface area contributed by atoms with Crippen LogP contribution in [0, 0.1) is 6.92 Å². The zero-order valence-electron chi connectivity index (χ0n) is 14.7. The molecule has 0 saturated carbocycles. The summed E-state index contributed by atoms with van der Waals surface area (Å²) in [7, 11) is -1.09. The van der Waals surface area contributed by atoms with Crippen LogP contribution in [0.5, 0.6) is 0 Å². The monoisotopic (exact) mass is 350 g/mol. The fourth-order valence-electron chi connectivity index (χ4n) is 2.47. The van der Waals surface area contributed by atoms with Gasteiger partial charge in [0.25, 0.3) is 0 Å². The molecule has 0 bridgehead atoms. The van der Waals surface area contributed by atoms with Gasteiger partial charge in [-0.25, -0.2) is 9.48 Å². The Labute approximate surface area is 143 Å². The maximum absolute atomic E-state index is 10.8. The molecule has 0 saturated heterocycles. The van der Waals surface area contributed by atoms with E-state index in [2.05, 4.69) is 24.7 Å². The van der Waals surface area contributed by atoms with Gasteiger partial charge in [0.1, 0.15) is 6.73 Å². The van der Waals surface area contributed by atoms with Crippen molar-refractivity contribution < 1.29 is 19.7 Å². The Bertz CT molecular complexity index is 721. The van der Waals surface area contributed by atoms with Crippen LogP contribution in [0.1, 0.15) is 11.1 Å². The Morgan fingerprint density at radius 2 is 2.08 bits per heavy atom.